The first-order chi connectivity index (χ1) is 17.5. The van der Waals surface area contributed by atoms with E-state index in [9.17, 15) is 4.79 Å². The van der Waals surface area contributed by atoms with E-state index in [-0.39, 0.29) is 17.1 Å². The minimum Gasteiger partial charge on any atom is -0.369 e. The lowest BCUT2D eigenvalue weighted by atomic mass is 9.99. The third-order valence-corrected chi connectivity index (χ3v) is 7.42. The number of tetrazole rings is 1. The number of anilines is 1. The van der Waals surface area contributed by atoms with Crippen molar-refractivity contribution >= 4 is 28.2 Å². The molecule has 37 heavy (non-hydrogen) atoms. The first kappa shape index (κ1) is 25.4. The molecule has 1 fully saturated rings. The second kappa shape index (κ2) is 9.58. The summed E-state index contributed by atoms with van der Waals surface area (Å²) in [6.45, 7) is 15.5. The SMILES string of the molecule is Cc1cc(C)c2[nH]c(=O)c(C(c3nnnn3C(C)(C)C)N3CCN(c4cc(Cl)ccc4C)CC3)cc2c1. The molecule has 0 aliphatic carbocycles. The minimum absolute atomic E-state index is 0.110. The number of hydrogen-bond acceptors (Lipinski definition) is 6. The van der Waals surface area contributed by atoms with E-state index in [4.69, 9.17) is 11.6 Å². The van der Waals surface area contributed by atoms with Crippen LogP contribution in [0.3, 0.4) is 0 Å². The highest BCUT2D eigenvalue weighted by Crippen LogP contribution is 2.32. The van der Waals surface area contributed by atoms with E-state index in [1.807, 2.05) is 29.8 Å². The van der Waals surface area contributed by atoms with Gasteiger partial charge in [-0.3, -0.25) is 9.69 Å². The number of nitrogens with one attached hydrogen (secondary N) is 1. The zero-order valence-electron chi connectivity index (χ0n) is 22.3. The number of fused-ring (bicyclic) bond motifs is 1. The molecule has 0 saturated carbocycles. The Balaban J connectivity index is 1.58. The van der Waals surface area contributed by atoms with Crippen molar-refractivity contribution in [2.24, 2.45) is 0 Å². The zero-order valence-corrected chi connectivity index (χ0v) is 23.1. The summed E-state index contributed by atoms with van der Waals surface area (Å²) in [4.78, 5) is 21.4. The Bertz CT molecular complexity index is 1510. The quantitative estimate of drug-likeness (QED) is 0.418. The molecule has 1 aliphatic heterocycles. The largest absolute Gasteiger partial charge is 0.369 e. The van der Waals surface area contributed by atoms with Crippen LogP contribution < -0.4 is 10.5 Å². The van der Waals surface area contributed by atoms with E-state index in [0.29, 0.717) is 11.4 Å². The fourth-order valence-corrected chi connectivity index (χ4v) is 5.56. The van der Waals surface area contributed by atoms with E-state index in [1.54, 1.807) is 0 Å². The van der Waals surface area contributed by atoms with Crippen LogP contribution in [0.5, 0.6) is 0 Å². The van der Waals surface area contributed by atoms with Crippen molar-refractivity contribution in [3.05, 3.63) is 79.9 Å². The summed E-state index contributed by atoms with van der Waals surface area (Å²) in [5.41, 5.74) is 5.64. The highest BCUT2D eigenvalue weighted by atomic mass is 35.5. The van der Waals surface area contributed by atoms with Crippen molar-refractivity contribution in [1.82, 2.24) is 30.1 Å². The van der Waals surface area contributed by atoms with Gasteiger partial charge in [0.25, 0.3) is 5.56 Å². The molecule has 1 unspecified atom stereocenters. The van der Waals surface area contributed by atoms with Crippen molar-refractivity contribution in [2.75, 3.05) is 31.1 Å². The van der Waals surface area contributed by atoms with Crippen molar-refractivity contribution in [3.8, 4) is 0 Å². The van der Waals surface area contributed by atoms with Gasteiger partial charge in [-0.2, -0.15) is 0 Å². The molecular weight excluding hydrogens is 486 g/mol. The second-order valence-electron chi connectivity index (χ2n) is 11.1. The van der Waals surface area contributed by atoms with Gasteiger partial charge in [-0.15, -0.1) is 5.10 Å². The van der Waals surface area contributed by atoms with Gasteiger partial charge in [0.2, 0.25) is 0 Å². The van der Waals surface area contributed by atoms with Gasteiger partial charge in [-0.1, -0.05) is 29.3 Å². The molecule has 1 atom stereocenters. The number of hydrogen-bond donors (Lipinski definition) is 1. The van der Waals surface area contributed by atoms with Gasteiger partial charge < -0.3 is 9.88 Å². The fourth-order valence-electron chi connectivity index (χ4n) is 5.39. The van der Waals surface area contributed by atoms with Crippen LogP contribution in [0.15, 0.2) is 41.2 Å². The average molecular weight is 520 g/mol. The number of nitrogens with zero attached hydrogens (tertiary/aromatic N) is 6. The average Bonchev–Trinajstić information content (AvgIpc) is 3.32. The summed E-state index contributed by atoms with van der Waals surface area (Å²) in [6, 6.07) is 11.9. The van der Waals surface area contributed by atoms with E-state index >= 15 is 0 Å². The number of aryl methyl sites for hydroxylation is 3. The van der Waals surface area contributed by atoms with Crippen LogP contribution in [0, 0.1) is 20.8 Å². The van der Waals surface area contributed by atoms with Crippen LogP contribution >= 0.6 is 11.6 Å². The number of aromatic amines is 1. The van der Waals surface area contributed by atoms with Gasteiger partial charge in [-0.25, -0.2) is 4.68 Å². The molecule has 1 aliphatic rings. The van der Waals surface area contributed by atoms with Crippen molar-refractivity contribution in [1.29, 1.82) is 0 Å². The van der Waals surface area contributed by atoms with Crippen LogP contribution in [0.2, 0.25) is 5.02 Å². The molecule has 2 aromatic carbocycles. The first-order valence-electron chi connectivity index (χ1n) is 12.7. The lowest BCUT2D eigenvalue weighted by Gasteiger charge is -2.40. The summed E-state index contributed by atoms with van der Waals surface area (Å²) in [7, 11) is 0. The van der Waals surface area contributed by atoms with Gasteiger partial charge in [-0.05, 0) is 92.7 Å². The summed E-state index contributed by atoms with van der Waals surface area (Å²) >= 11 is 6.31. The third-order valence-electron chi connectivity index (χ3n) is 7.18. The number of H-pyrrole nitrogens is 1. The molecule has 4 aromatic rings. The van der Waals surface area contributed by atoms with Crippen LogP contribution in [-0.2, 0) is 5.54 Å². The van der Waals surface area contributed by atoms with Crippen molar-refractivity contribution in [2.45, 2.75) is 53.1 Å². The molecule has 5 rings (SSSR count). The summed E-state index contributed by atoms with van der Waals surface area (Å²) < 4.78 is 1.84. The topological polar surface area (TPSA) is 82.9 Å². The Morgan fingerprint density at radius 1 is 0.973 bits per heavy atom. The van der Waals surface area contributed by atoms with Crippen LogP contribution in [0.1, 0.15) is 54.9 Å². The van der Waals surface area contributed by atoms with Gasteiger partial charge in [0, 0.05) is 42.5 Å². The Kier molecular flexibility index (Phi) is 6.58. The summed E-state index contributed by atoms with van der Waals surface area (Å²) in [5.74, 6) is 0.675. The molecule has 0 radical (unpaired) electrons. The normalized spacial score (nSPS) is 15.9. The first-order valence-corrected chi connectivity index (χ1v) is 13.1. The maximum atomic E-state index is 13.6. The third kappa shape index (κ3) is 4.88. The molecule has 9 heteroatoms. The Morgan fingerprint density at radius 2 is 1.70 bits per heavy atom. The number of pyridine rings is 1. The van der Waals surface area contributed by atoms with Gasteiger partial charge in [0.05, 0.1) is 11.1 Å². The van der Waals surface area contributed by atoms with Crippen molar-refractivity contribution in [3.63, 3.8) is 0 Å². The maximum Gasteiger partial charge on any atom is 0.253 e. The number of rotatable bonds is 4. The monoisotopic (exact) mass is 519 g/mol. The minimum atomic E-state index is -0.384. The Labute approximate surface area is 222 Å². The summed E-state index contributed by atoms with van der Waals surface area (Å²) in [5, 5.41) is 14.6. The van der Waals surface area contributed by atoms with Crippen LogP contribution in [0.4, 0.5) is 5.69 Å². The van der Waals surface area contributed by atoms with Crippen molar-refractivity contribution < 1.29 is 0 Å². The van der Waals surface area contributed by atoms with E-state index in [0.717, 1.165) is 58.9 Å². The Morgan fingerprint density at radius 3 is 2.41 bits per heavy atom. The zero-order chi connectivity index (χ0) is 26.5. The van der Waals surface area contributed by atoms with E-state index < -0.39 is 0 Å². The smallest absolute Gasteiger partial charge is 0.253 e. The lowest BCUT2D eigenvalue weighted by Crippen LogP contribution is -2.49. The number of piperazine rings is 1. The molecule has 3 heterocycles. The second-order valence-corrected chi connectivity index (χ2v) is 11.5. The Hall–Kier alpha value is -3.23. The molecular formula is C28H34ClN7O. The molecule has 0 amide bonds. The van der Waals surface area contributed by atoms with E-state index in [2.05, 4.69) is 83.1 Å². The molecule has 1 N–H and O–H groups in total. The number of halogens is 1. The van der Waals surface area contributed by atoms with Crippen LogP contribution in [0.25, 0.3) is 10.9 Å². The highest BCUT2D eigenvalue weighted by molar-refractivity contribution is 6.30. The molecule has 8 nitrogen and oxygen atoms in total. The predicted octanol–water partition coefficient (Wildman–Crippen LogP) is 4.76. The molecule has 0 bridgehead atoms. The molecule has 2 aromatic heterocycles. The van der Waals surface area contributed by atoms with Gasteiger partial charge in [0.15, 0.2) is 5.82 Å². The predicted molar refractivity (Wildman–Crippen MR) is 149 cm³/mol. The standard InChI is InChI=1S/C28H34ClN7O/c1-17-13-19(3)24-20(14-17)15-22(27(37)30-24)25(26-31-32-33-36(26)28(4,5)6)35-11-9-34(10-12-35)23-16-21(29)8-7-18(23)2/h7-8,13-16,25H,9-12H2,1-6H3,(H,30,37). The molecule has 1 saturated heterocycles. The van der Waals surface area contributed by atoms with Gasteiger partial charge in [0.1, 0.15) is 6.04 Å². The molecule has 194 valence electrons. The number of benzene rings is 2. The van der Waals surface area contributed by atoms with Crippen LogP contribution in [-0.4, -0.2) is 56.3 Å². The number of aromatic nitrogens is 5. The van der Waals surface area contributed by atoms with Gasteiger partial charge >= 0.3 is 0 Å². The maximum absolute atomic E-state index is 13.6. The molecule has 0 spiro atoms. The highest BCUT2D eigenvalue weighted by Gasteiger charge is 2.35. The lowest BCUT2D eigenvalue weighted by molar-refractivity contribution is 0.190. The van der Waals surface area contributed by atoms with E-state index in [1.165, 1.54) is 5.56 Å². The summed E-state index contributed by atoms with van der Waals surface area (Å²) in [6.07, 6.45) is 0. The fraction of sp³-hybridized carbons (Fsp3) is 0.429.